The van der Waals surface area contributed by atoms with Crippen LogP contribution in [0.3, 0.4) is 0 Å². The van der Waals surface area contributed by atoms with Crippen molar-refractivity contribution < 1.29 is 9.84 Å². The first-order valence-electron chi connectivity index (χ1n) is 5.18. The van der Waals surface area contributed by atoms with Gasteiger partial charge in [-0.2, -0.15) is 0 Å². The summed E-state index contributed by atoms with van der Waals surface area (Å²) in [5, 5.41) is 13.1. The minimum Gasteiger partial charge on any atom is -0.491 e. The van der Waals surface area contributed by atoms with Crippen molar-refractivity contribution >= 4 is 27.5 Å². The molecule has 1 aromatic carbocycles. The van der Waals surface area contributed by atoms with E-state index in [0.29, 0.717) is 18.1 Å². The van der Waals surface area contributed by atoms with E-state index >= 15 is 0 Å². The van der Waals surface area contributed by atoms with E-state index in [9.17, 15) is 5.11 Å². The van der Waals surface area contributed by atoms with Gasteiger partial charge in [0.25, 0.3) is 0 Å². The van der Waals surface area contributed by atoms with Gasteiger partial charge in [0, 0.05) is 22.6 Å². The number of nitrogens with one attached hydrogen (secondary N) is 1. The second-order valence-electron chi connectivity index (χ2n) is 3.57. The maximum Gasteiger partial charge on any atom is 0.120 e. The summed E-state index contributed by atoms with van der Waals surface area (Å²) in [4.78, 5) is 0. The molecular formula is C12H15BrClNO2. The molecule has 0 spiro atoms. The fourth-order valence-corrected chi connectivity index (χ4v) is 1.66. The molecule has 5 heteroatoms. The fourth-order valence-electron chi connectivity index (χ4n) is 1.18. The molecule has 0 heterocycles. The van der Waals surface area contributed by atoms with Crippen LogP contribution in [-0.2, 0) is 0 Å². The summed E-state index contributed by atoms with van der Waals surface area (Å²) in [6, 6.07) is 7.48. The summed E-state index contributed by atoms with van der Waals surface area (Å²) < 4.78 is 6.38. The molecule has 0 radical (unpaired) electrons. The van der Waals surface area contributed by atoms with E-state index in [1.165, 1.54) is 0 Å². The average molecular weight is 321 g/mol. The van der Waals surface area contributed by atoms with E-state index in [1.54, 1.807) is 0 Å². The lowest BCUT2D eigenvalue weighted by Gasteiger charge is -2.13. The maximum absolute atomic E-state index is 9.62. The minimum atomic E-state index is -0.579. The van der Waals surface area contributed by atoms with Crippen LogP contribution < -0.4 is 10.1 Å². The second-order valence-corrected chi connectivity index (χ2v) is 5.02. The zero-order valence-electron chi connectivity index (χ0n) is 9.33. The molecule has 17 heavy (non-hydrogen) atoms. The number of aliphatic hydroxyl groups excluding tert-OH is 1. The Balaban J connectivity index is 2.23. The van der Waals surface area contributed by atoms with Crippen molar-refractivity contribution in [2.75, 3.05) is 19.7 Å². The van der Waals surface area contributed by atoms with Crippen molar-refractivity contribution in [2.24, 2.45) is 0 Å². The van der Waals surface area contributed by atoms with Crippen LogP contribution >= 0.6 is 27.5 Å². The number of aliphatic hydroxyl groups is 1. The quantitative estimate of drug-likeness (QED) is 0.811. The Kier molecular flexibility index (Phi) is 6.58. The lowest BCUT2D eigenvalue weighted by atomic mass is 10.3. The molecule has 0 aliphatic carbocycles. The number of hydrogen-bond donors (Lipinski definition) is 2. The van der Waals surface area contributed by atoms with Crippen LogP contribution in [0.5, 0.6) is 5.75 Å². The van der Waals surface area contributed by atoms with Crippen LogP contribution in [0, 0.1) is 0 Å². The summed E-state index contributed by atoms with van der Waals surface area (Å²) in [7, 11) is 0. The predicted molar refractivity (Wildman–Crippen MR) is 73.5 cm³/mol. The Morgan fingerprint density at radius 1 is 1.59 bits per heavy atom. The summed E-state index contributed by atoms with van der Waals surface area (Å²) in [5.74, 6) is 0.722. The Labute approximate surface area is 115 Å². The van der Waals surface area contributed by atoms with E-state index in [0.717, 1.165) is 10.2 Å². The van der Waals surface area contributed by atoms with Crippen molar-refractivity contribution in [3.63, 3.8) is 0 Å². The average Bonchev–Trinajstić information content (AvgIpc) is 2.26. The van der Waals surface area contributed by atoms with Crippen molar-refractivity contribution in [1.82, 2.24) is 5.32 Å². The standard InChI is InChI=1S/C12H15BrClNO2/c1-9(14)6-15-7-11(16)8-17-12-4-2-3-10(13)5-12/h2-5,11,15-16H,1,6-8H2. The lowest BCUT2D eigenvalue weighted by Crippen LogP contribution is -2.32. The lowest BCUT2D eigenvalue weighted by molar-refractivity contribution is 0.107. The molecule has 2 N–H and O–H groups in total. The van der Waals surface area contributed by atoms with Crippen molar-refractivity contribution in [3.8, 4) is 5.75 Å². The highest BCUT2D eigenvalue weighted by Gasteiger charge is 2.05. The van der Waals surface area contributed by atoms with Gasteiger partial charge in [0.1, 0.15) is 18.5 Å². The predicted octanol–water partition coefficient (Wildman–Crippen LogP) is 2.53. The highest BCUT2D eigenvalue weighted by Crippen LogP contribution is 2.17. The van der Waals surface area contributed by atoms with Gasteiger partial charge in [0.15, 0.2) is 0 Å². The van der Waals surface area contributed by atoms with Gasteiger partial charge in [-0.25, -0.2) is 0 Å². The summed E-state index contributed by atoms with van der Waals surface area (Å²) >= 11 is 8.92. The van der Waals surface area contributed by atoms with E-state index in [2.05, 4.69) is 27.8 Å². The molecule has 0 aromatic heterocycles. The molecule has 0 fully saturated rings. The largest absolute Gasteiger partial charge is 0.491 e. The zero-order chi connectivity index (χ0) is 12.7. The van der Waals surface area contributed by atoms with Crippen molar-refractivity contribution in [3.05, 3.63) is 40.3 Å². The van der Waals surface area contributed by atoms with Crippen molar-refractivity contribution in [1.29, 1.82) is 0 Å². The first kappa shape index (κ1) is 14.5. The van der Waals surface area contributed by atoms with Gasteiger partial charge in [-0.3, -0.25) is 0 Å². The topological polar surface area (TPSA) is 41.5 Å². The van der Waals surface area contributed by atoms with E-state index < -0.39 is 6.10 Å². The van der Waals surface area contributed by atoms with Gasteiger partial charge in [0.2, 0.25) is 0 Å². The first-order chi connectivity index (χ1) is 8.08. The van der Waals surface area contributed by atoms with Gasteiger partial charge in [-0.1, -0.05) is 40.2 Å². The third kappa shape index (κ3) is 6.68. The summed E-state index contributed by atoms with van der Waals surface area (Å²) in [6.07, 6.45) is -0.579. The SMILES string of the molecule is C=C(Cl)CNCC(O)COc1cccc(Br)c1. The maximum atomic E-state index is 9.62. The minimum absolute atomic E-state index is 0.234. The monoisotopic (exact) mass is 319 g/mol. The number of benzene rings is 1. The first-order valence-corrected chi connectivity index (χ1v) is 6.35. The Hall–Kier alpha value is -0.550. The molecule has 0 amide bonds. The highest BCUT2D eigenvalue weighted by atomic mass is 79.9. The molecule has 0 bridgehead atoms. The van der Waals surface area contributed by atoms with Gasteiger partial charge < -0.3 is 15.2 Å². The van der Waals surface area contributed by atoms with Crippen LogP contribution in [0.4, 0.5) is 0 Å². The molecule has 3 nitrogen and oxygen atoms in total. The molecule has 0 saturated carbocycles. The van der Waals surface area contributed by atoms with Gasteiger partial charge in [-0.15, -0.1) is 0 Å². The fraction of sp³-hybridized carbons (Fsp3) is 0.333. The van der Waals surface area contributed by atoms with E-state index in [4.69, 9.17) is 16.3 Å². The van der Waals surface area contributed by atoms with E-state index in [1.807, 2.05) is 24.3 Å². The highest BCUT2D eigenvalue weighted by molar-refractivity contribution is 9.10. The Morgan fingerprint density at radius 3 is 3.00 bits per heavy atom. The van der Waals surface area contributed by atoms with Gasteiger partial charge in [-0.05, 0) is 18.2 Å². The molecule has 0 aliphatic heterocycles. The molecule has 1 rings (SSSR count). The Morgan fingerprint density at radius 2 is 2.35 bits per heavy atom. The number of ether oxygens (including phenoxy) is 1. The Bertz CT molecular complexity index is 373. The van der Waals surface area contributed by atoms with Crippen LogP contribution in [0.15, 0.2) is 40.3 Å². The molecule has 1 aromatic rings. The number of hydrogen-bond acceptors (Lipinski definition) is 3. The molecule has 1 atom stereocenters. The van der Waals surface area contributed by atoms with Crippen LogP contribution in [0.25, 0.3) is 0 Å². The summed E-state index contributed by atoms with van der Waals surface area (Å²) in [6.45, 7) is 4.67. The smallest absolute Gasteiger partial charge is 0.120 e. The van der Waals surface area contributed by atoms with Crippen LogP contribution in [0.1, 0.15) is 0 Å². The van der Waals surface area contributed by atoms with Crippen molar-refractivity contribution in [2.45, 2.75) is 6.10 Å². The number of rotatable bonds is 7. The molecule has 1 unspecified atom stereocenters. The third-order valence-corrected chi connectivity index (χ3v) is 2.56. The zero-order valence-corrected chi connectivity index (χ0v) is 11.7. The molecule has 0 saturated heterocycles. The molecule has 94 valence electrons. The van der Waals surface area contributed by atoms with E-state index in [-0.39, 0.29) is 6.61 Å². The summed E-state index contributed by atoms with van der Waals surface area (Å²) in [5.41, 5.74) is 0. The second kappa shape index (κ2) is 7.71. The van der Waals surface area contributed by atoms with Gasteiger partial charge >= 0.3 is 0 Å². The van der Waals surface area contributed by atoms with Crippen LogP contribution in [-0.4, -0.2) is 30.9 Å². The van der Waals surface area contributed by atoms with Gasteiger partial charge in [0.05, 0.1) is 0 Å². The van der Waals surface area contributed by atoms with Crippen LogP contribution in [0.2, 0.25) is 0 Å². The number of halogens is 2. The third-order valence-electron chi connectivity index (χ3n) is 1.94. The normalized spacial score (nSPS) is 12.2. The molecular weight excluding hydrogens is 305 g/mol. The molecule has 0 aliphatic rings.